The van der Waals surface area contributed by atoms with E-state index in [1.807, 2.05) is 30.3 Å². The Kier molecular flexibility index (Phi) is 12.9. The highest BCUT2D eigenvalue weighted by molar-refractivity contribution is 7.90. The number of sulfone groups is 1. The molecule has 0 bridgehead atoms. The van der Waals surface area contributed by atoms with Gasteiger partial charge in [-0.3, -0.25) is 24.6 Å². The van der Waals surface area contributed by atoms with Crippen molar-refractivity contribution in [2.45, 2.75) is 76.7 Å². The fraction of sp³-hybridized carbons (Fsp3) is 0.432. The molecule has 0 radical (unpaired) electrons. The van der Waals surface area contributed by atoms with Gasteiger partial charge in [0, 0.05) is 37.8 Å². The van der Waals surface area contributed by atoms with Crippen LogP contribution in [0.25, 0.3) is 0 Å². The van der Waals surface area contributed by atoms with E-state index in [4.69, 9.17) is 9.57 Å². The summed E-state index contributed by atoms with van der Waals surface area (Å²) in [7, 11) is -1.78. The van der Waals surface area contributed by atoms with E-state index in [1.54, 1.807) is 22.6 Å². The zero-order valence-electron chi connectivity index (χ0n) is 28.3. The Morgan fingerprint density at radius 2 is 1.75 bits per heavy atom. The number of ether oxygens (including phenoxy) is 1. The lowest BCUT2D eigenvalue weighted by Gasteiger charge is -2.32. The van der Waals surface area contributed by atoms with Crippen LogP contribution in [0.15, 0.2) is 94.4 Å². The lowest BCUT2D eigenvalue weighted by Crippen LogP contribution is -2.37. The number of anilines is 1. The summed E-state index contributed by atoms with van der Waals surface area (Å²) in [5.41, 5.74) is 10.5. The fourth-order valence-electron chi connectivity index (χ4n) is 6.17. The standard InChI is InChI=1S/C22H29N3O5S.C15H18O2/c1-18(26)25(20-12-14-21(15-13-20)31(2,28)29)16-8-4-7-11-22(27)23-24-30-17-19-9-5-3-6-10-19;1-3-5-15(14(16)17-2)6-4-10-7-11-8-12(11)13(10)9-15/h3,5-6,9-10,12-15,24H,4,7-8,11,16-17H2,1-2H3,(H,23,27);4,6-7,11H,3,5,8-9H2,1-2H3. The number of amides is 2. The van der Waals surface area contributed by atoms with Crippen molar-refractivity contribution < 1.29 is 32.4 Å². The van der Waals surface area contributed by atoms with Gasteiger partial charge in [-0.05, 0) is 73.1 Å². The SMILES string of the molecule is CC(=O)N(CCCCCC(=O)NNOCc1ccccc1)c1ccc(S(C)(=O)=O)cc1.CCCC1(C(=O)OC)C=CC2=CC3CC3=C2C1. The van der Waals surface area contributed by atoms with Gasteiger partial charge in [0.25, 0.3) is 0 Å². The number of esters is 1. The summed E-state index contributed by atoms with van der Waals surface area (Å²) in [5, 5.41) is 0. The van der Waals surface area contributed by atoms with Crippen LogP contribution in [-0.4, -0.2) is 46.1 Å². The molecular formula is C37H47N3O7S. The molecule has 2 aromatic carbocycles. The van der Waals surface area contributed by atoms with Gasteiger partial charge >= 0.3 is 5.97 Å². The number of unbranched alkanes of at least 4 members (excludes halogenated alkanes) is 2. The second-order valence-corrected chi connectivity index (χ2v) is 14.5. The zero-order valence-corrected chi connectivity index (χ0v) is 29.1. The lowest BCUT2D eigenvalue weighted by molar-refractivity contribution is -0.150. The van der Waals surface area contributed by atoms with Gasteiger partial charge in [-0.1, -0.05) is 73.9 Å². The number of nitrogens with zero attached hydrogens (tertiary/aromatic N) is 1. The molecule has 3 aliphatic rings. The lowest BCUT2D eigenvalue weighted by atomic mass is 9.72. The van der Waals surface area contributed by atoms with E-state index in [9.17, 15) is 22.8 Å². The second kappa shape index (κ2) is 16.9. The smallest absolute Gasteiger partial charge is 0.316 e. The summed E-state index contributed by atoms with van der Waals surface area (Å²) in [5.74, 6) is 0.323. The van der Waals surface area contributed by atoms with Crippen LogP contribution in [-0.2, 0) is 40.4 Å². The van der Waals surface area contributed by atoms with E-state index >= 15 is 0 Å². The molecule has 0 saturated heterocycles. The summed E-state index contributed by atoms with van der Waals surface area (Å²) in [6.07, 6.45) is 14.1. The van der Waals surface area contributed by atoms with Crippen molar-refractivity contribution in [3.63, 3.8) is 0 Å². The molecule has 2 atom stereocenters. The summed E-state index contributed by atoms with van der Waals surface area (Å²) in [6.45, 7) is 4.43. The minimum atomic E-state index is -3.28. The topological polar surface area (TPSA) is 131 Å². The number of fused-ring (bicyclic) bond motifs is 2. The second-order valence-electron chi connectivity index (χ2n) is 12.5. The van der Waals surface area contributed by atoms with E-state index in [0.29, 0.717) is 37.6 Å². The van der Waals surface area contributed by atoms with Crippen molar-refractivity contribution in [3.8, 4) is 0 Å². The van der Waals surface area contributed by atoms with Crippen LogP contribution < -0.4 is 15.9 Å². The molecule has 10 nitrogen and oxygen atoms in total. The van der Waals surface area contributed by atoms with Gasteiger partial charge in [0.2, 0.25) is 11.8 Å². The van der Waals surface area contributed by atoms with Gasteiger partial charge in [-0.25, -0.2) is 8.42 Å². The number of benzene rings is 2. The number of nitrogens with one attached hydrogen (secondary N) is 2. The zero-order chi connectivity index (χ0) is 34.7. The van der Waals surface area contributed by atoms with E-state index in [2.05, 4.69) is 36.2 Å². The van der Waals surface area contributed by atoms with Crippen molar-refractivity contribution in [1.29, 1.82) is 0 Å². The fourth-order valence-corrected chi connectivity index (χ4v) is 6.80. The molecule has 258 valence electrons. The number of carbonyl (C=O) groups is 3. The third-order valence-electron chi connectivity index (χ3n) is 8.79. The first kappa shape index (κ1) is 36.8. The molecule has 0 aliphatic heterocycles. The average Bonchev–Trinajstić information content (AvgIpc) is 3.76. The van der Waals surface area contributed by atoms with Crippen LogP contribution in [0.1, 0.15) is 70.8 Å². The van der Waals surface area contributed by atoms with E-state index in [1.165, 1.54) is 43.7 Å². The Labute approximate surface area is 284 Å². The minimum Gasteiger partial charge on any atom is -0.468 e. The van der Waals surface area contributed by atoms with Crippen LogP contribution in [0, 0.1) is 11.3 Å². The summed E-state index contributed by atoms with van der Waals surface area (Å²) in [4.78, 5) is 42.9. The first-order valence-corrected chi connectivity index (χ1v) is 18.4. The van der Waals surface area contributed by atoms with Crippen LogP contribution in [0.4, 0.5) is 5.69 Å². The first-order valence-electron chi connectivity index (χ1n) is 16.5. The molecule has 1 saturated carbocycles. The van der Waals surface area contributed by atoms with Crippen molar-refractivity contribution >= 4 is 33.3 Å². The van der Waals surface area contributed by atoms with Crippen LogP contribution in [0.3, 0.4) is 0 Å². The maximum absolute atomic E-state index is 12.1. The highest BCUT2D eigenvalue weighted by Gasteiger charge is 2.45. The molecule has 0 aromatic heterocycles. The average molecular weight is 678 g/mol. The minimum absolute atomic E-state index is 0.0770. The van der Waals surface area contributed by atoms with E-state index in [-0.39, 0.29) is 22.7 Å². The normalized spacial score (nSPS) is 18.9. The van der Waals surface area contributed by atoms with Gasteiger partial charge < -0.3 is 9.64 Å². The Bertz CT molecular complexity index is 1650. The number of hydrogen-bond donors (Lipinski definition) is 2. The number of hydrazine groups is 1. The van der Waals surface area contributed by atoms with Gasteiger partial charge in [0.1, 0.15) is 0 Å². The molecule has 11 heteroatoms. The number of methoxy groups -OCH3 is 1. The highest BCUT2D eigenvalue weighted by atomic mass is 32.2. The molecule has 2 unspecified atom stereocenters. The van der Waals surface area contributed by atoms with Crippen LogP contribution in [0.5, 0.6) is 0 Å². The number of carbonyl (C=O) groups excluding carboxylic acids is 3. The van der Waals surface area contributed by atoms with Crippen LogP contribution in [0.2, 0.25) is 0 Å². The number of allylic oxidation sites excluding steroid dienone is 5. The third kappa shape index (κ3) is 9.98. The van der Waals surface area contributed by atoms with Crippen LogP contribution >= 0.6 is 0 Å². The largest absolute Gasteiger partial charge is 0.468 e. The number of rotatable bonds is 15. The van der Waals surface area contributed by atoms with Crippen molar-refractivity contribution in [3.05, 3.63) is 95.1 Å². The molecule has 0 heterocycles. The molecule has 5 rings (SSSR count). The predicted molar refractivity (Wildman–Crippen MR) is 185 cm³/mol. The monoisotopic (exact) mass is 677 g/mol. The molecule has 2 aromatic rings. The van der Waals surface area contributed by atoms with Gasteiger partial charge in [-0.2, -0.15) is 0 Å². The van der Waals surface area contributed by atoms with Crippen molar-refractivity contribution in [2.24, 2.45) is 11.3 Å². The summed E-state index contributed by atoms with van der Waals surface area (Å²) >= 11 is 0. The maximum Gasteiger partial charge on any atom is 0.316 e. The third-order valence-corrected chi connectivity index (χ3v) is 9.92. The Morgan fingerprint density at radius 3 is 2.40 bits per heavy atom. The molecule has 3 aliphatic carbocycles. The summed E-state index contributed by atoms with van der Waals surface area (Å²) < 4.78 is 28.1. The molecule has 2 N–H and O–H groups in total. The van der Waals surface area contributed by atoms with Gasteiger partial charge in [0.05, 0.1) is 24.0 Å². The number of hydrogen-bond acceptors (Lipinski definition) is 8. The maximum atomic E-state index is 12.1. The molecule has 0 spiro atoms. The molecule has 48 heavy (non-hydrogen) atoms. The highest BCUT2D eigenvalue weighted by Crippen LogP contribution is 2.55. The van der Waals surface area contributed by atoms with Crippen molar-refractivity contribution in [1.82, 2.24) is 11.0 Å². The molecular weight excluding hydrogens is 630 g/mol. The Morgan fingerprint density at radius 1 is 1.02 bits per heavy atom. The predicted octanol–water partition coefficient (Wildman–Crippen LogP) is 5.92. The Balaban J connectivity index is 0.000000255. The summed E-state index contributed by atoms with van der Waals surface area (Å²) in [6, 6.07) is 15.9. The molecule has 2 amide bonds. The van der Waals surface area contributed by atoms with Gasteiger partial charge in [-0.15, -0.1) is 5.59 Å². The first-order chi connectivity index (χ1) is 23.0. The Hall–Kier alpha value is -4.06. The quantitative estimate of drug-likeness (QED) is 0.135. The van der Waals surface area contributed by atoms with E-state index in [0.717, 1.165) is 43.9 Å². The van der Waals surface area contributed by atoms with E-state index < -0.39 is 15.3 Å². The van der Waals surface area contributed by atoms with Gasteiger partial charge in [0.15, 0.2) is 9.84 Å². The molecule has 1 fully saturated rings. The van der Waals surface area contributed by atoms with Crippen molar-refractivity contribution in [2.75, 3.05) is 24.8 Å².